The summed E-state index contributed by atoms with van der Waals surface area (Å²) in [7, 11) is 0. The zero-order valence-electron chi connectivity index (χ0n) is 31.8. The van der Waals surface area contributed by atoms with Crippen molar-refractivity contribution >= 4 is 16.9 Å². The molecule has 5 aliphatic rings. The highest BCUT2D eigenvalue weighted by atomic mass is 15.1. The normalized spacial score (nSPS) is 18.2. The second-order valence-electron chi connectivity index (χ2n) is 15.3. The van der Waals surface area contributed by atoms with Gasteiger partial charge in [0.15, 0.2) is 0 Å². The Morgan fingerprint density at radius 2 is 0.800 bits per heavy atom. The van der Waals surface area contributed by atoms with Crippen LogP contribution in [-0.4, -0.2) is 0 Å². The molecule has 0 aliphatic heterocycles. The Balaban J connectivity index is 1.10. The van der Waals surface area contributed by atoms with E-state index in [0.717, 1.165) is 57.8 Å². The van der Waals surface area contributed by atoms with Gasteiger partial charge in [-0.3, -0.25) is 0 Å². The molecule has 0 fully saturated rings. The van der Waals surface area contributed by atoms with Crippen LogP contribution in [0.3, 0.4) is 0 Å². The van der Waals surface area contributed by atoms with E-state index in [0.29, 0.717) is 0 Å². The molecule has 9 rings (SSSR count). The lowest BCUT2D eigenvalue weighted by Crippen LogP contribution is -2.18. The van der Waals surface area contributed by atoms with Gasteiger partial charge in [-0.1, -0.05) is 146 Å². The highest BCUT2D eigenvalue weighted by Crippen LogP contribution is 2.43. The average Bonchev–Trinajstić information content (AvgIpc) is 3.28. The second kappa shape index (κ2) is 16.2. The Hall–Kier alpha value is -5.92. The predicted molar refractivity (Wildman–Crippen MR) is 235 cm³/mol. The van der Waals surface area contributed by atoms with Crippen LogP contribution in [0.2, 0.25) is 0 Å². The molecule has 0 aromatic heterocycles. The summed E-state index contributed by atoms with van der Waals surface area (Å²) in [6.45, 7) is 0. The molecule has 1 nitrogen and oxygen atoms in total. The van der Waals surface area contributed by atoms with Gasteiger partial charge in [-0.25, -0.2) is 0 Å². The summed E-state index contributed by atoms with van der Waals surface area (Å²) in [6.07, 6.45) is 39.0. The minimum atomic E-state index is 0.997. The molecular formula is C54H49N. The van der Waals surface area contributed by atoms with Crippen molar-refractivity contribution < 1.29 is 0 Å². The largest absolute Gasteiger partial charge is 0.314 e. The molecule has 0 bridgehead atoms. The zero-order valence-corrected chi connectivity index (χ0v) is 31.8. The first kappa shape index (κ1) is 34.8. The van der Waals surface area contributed by atoms with E-state index in [2.05, 4.69) is 181 Å². The van der Waals surface area contributed by atoms with Crippen molar-refractivity contribution in [1.82, 2.24) is 0 Å². The third-order valence-electron chi connectivity index (χ3n) is 11.9. The van der Waals surface area contributed by atoms with E-state index in [4.69, 9.17) is 0 Å². The molecule has 0 N–H and O–H groups in total. The minimum Gasteiger partial charge on any atom is -0.314 e. The van der Waals surface area contributed by atoms with Crippen LogP contribution in [0.5, 0.6) is 0 Å². The number of rotatable bonds is 9. The molecule has 270 valence electrons. The standard InChI is InChI=1S/C54H49N/c1-5-13-40(14-6-1)43-21-23-44(24-22-43)45-25-27-49(28-26-45)54-39-52(37-38-53(54)48-19-11-4-12-20-48)55(50-33-29-46(30-34-50)41-15-7-2-8-16-41)51-35-31-47(32-36-51)42-17-9-3-10-18-42/h1-5,7-9,11-13,15-17,19-21,23,25,27,29-31,33-35,37-39H,6,10,14,18,22,24,26,28,32,36H2. The lowest BCUT2D eigenvalue weighted by Gasteiger charge is -2.31. The number of anilines is 2. The molecule has 0 atom stereocenters. The quantitative estimate of drug-likeness (QED) is 0.167. The van der Waals surface area contributed by atoms with Crippen molar-refractivity contribution in [1.29, 1.82) is 0 Å². The molecular weight excluding hydrogens is 663 g/mol. The van der Waals surface area contributed by atoms with E-state index < -0.39 is 0 Å². The van der Waals surface area contributed by atoms with Crippen LogP contribution in [0.1, 0.15) is 69.8 Å². The summed E-state index contributed by atoms with van der Waals surface area (Å²) in [6, 6.07) is 38.0. The van der Waals surface area contributed by atoms with Crippen LogP contribution >= 0.6 is 0 Å². The maximum Gasteiger partial charge on any atom is 0.0464 e. The van der Waals surface area contributed by atoms with Crippen LogP contribution in [0.15, 0.2) is 215 Å². The molecule has 0 heterocycles. The van der Waals surface area contributed by atoms with Gasteiger partial charge < -0.3 is 4.90 Å². The van der Waals surface area contributed by atoms with Crippen LogP contribution in [0, 0.1) is 0 Å². The van der Waals surface area contributed by atoms with Crippen LogP contribution in [0.25, 0.3) is 27.8 Å². The zero-order chi connectivity index (χ0) is 36.8. The first-order valence-corrected chi connectivity index (χ1v) is 20.3. The maximum absolute atomic E-state index is 2.51. The third kappa shape index (κ3) is 7.71. The number of hydrogen-bond acceptors (Lipinski definition) is 1. The molecule has 0 saturated heterocycles. The van der Waals surface area contributed by atoms with Crippen molar-refractivity contribution in [3.63, 3.8) is 0 Å². The Kier molecular flexibility index (Phi) is 10.3. The topological polar surface area (TPSA) is 3.24 Å². The number of nitrogens with zero attached hydrogens (tertiary/aromatic N) is 1. The van der Waals surface area contributed by atoms with E-state index in [1.165, 1.54) is 90.3 Å². The number of benzene rings is 4. The summed E-state index contributed by atoms with van der Waals surface area (Å²) >= 11 is 0. The summed E-state index contributed by atoms with van der Waals surface area (Å²) in [4.78, 5) is 2.51. The van der Waals surface area contributed by atoms with Crippen molar-refractivity contribution in [2.75, 3.05) is 4.90 Å². The summed E-state index contributed by atoms with van der Waals surface area (Å²) in [5.41, 5.74) is 20.5. The van der Waals surface area contributed by atoms with Gasteiger partial charge in [0.2, 0.25) is 0 Å². The van der Waals surface area contributed by atoms with Gasteiger partial charge in [0.05, 0.1) is 0 Å². The van der Waals surface area contributed by atoms with Crippen LogP contribution in [-0.2, 0) is 0 Å². The Morgan fingerprint density at radius 1 is 0.327 bits per heavy atom. The predicted octanol–water partition coefficient (Wildman–Crippen LogP) is 15.1. The number of allylic oxidation sites excluding steroid dienone is 20. The Labute approximate surface area is 327 Å². The smallest absolute Gasteiger partial charge is 0.0464 e. The first-order chi connectivity index (χ1) is 27.3. The van der Waals surface area contributed by atoms with Gasteiger partial charge in [0.1, 0.15) is 0 Å². The Morgan fingerprint density at radius 3 is 1.31 bits per heavy atom. The molecule has 5 aliphatic carbocycles. The minimum absolute atomic E-state index is 0.997. The number of hydrogen-bond donors (Lipinski definition) is 0. The van der Waals surface area contributed by atoms with E-state index in [9.17, 15) is 0 Å². The molecule has 0 unspecified atom stereocenters. The van der Waals surface area contributed by atoms with Crippen molar-refractivity contribution in [2.45, 2.75) is 64.2 Å². The highest BCUT2D eigenvalue weighted by Gasteiger charge is 2.23. The molecule has 1 heteroatoms. The van der Waals surface area contributed by atoms with E-state index >= 15 is 0 Å². The fourth-order valence-electron chi connectivity index (χ4n) is 8.84. The fourth-order valence-corrected chi connectivity index (χ4v) is 8.84. The summed E-state index contributed by atoms with van der Waals surface area (Å²) < 4.78 is 0. The van der Waals surface area contributed by atoms with Crippen LogP contribution in [0.4, 0.5) is 11.4 Å². The molecule has 0 spiro atoms. The van der Waals surface area contributed by atoms with E-state index in [1.807, 2.05) is 0 Å². The van der Waals surface area contributed by atoms with Crippen molar-refractivity contribution in [2.24, 2.45) is 0 Å². The van der Waals surface area contributed by atoms with Gasteiger partial charge in [-0.05, 0) is 161 Å². The molecule has 0 saturated carbocycles. The van der Waals surface area contributed by atoms with Gasteiger partial charge in [0, 0.05) is 17.1 Å². The highest BCUT2D eigenvalue weighted by molar-refractivity contribution is 5.86. The SMILES string of the molecule is C1=CCCC(C2=CC=C(C3=CC=C(c4cc(N(C5=CC=C(C6=CC=CCC6)CC5)c5ccc(-c6ccccc6)cc5)ccc4-c4ccccc4)CC3)CC2)=C1. The molecule has 0 amide bonds. The Bertz CT molecular complexity index is 2380. The maximum atomic E-state index is 2.51. The second-order valence-corrected chi connectivity index (χ2v) is 15.3. The van der Waals surface area contributed by atoms with Crippen LogP contribution < -0.4 is 4.90 Å². The lowest BCUT2D eigenvalue weighted by atomic mass is 9.82. The molecule has 4 aromatic carbocycles. The fraction of sp³-hybridized carbons (Fsp3) is 0.185. The van der Waals surface area contributed by atoms with E-state index in [1.54, 1.807) is 0 Å². The van der Waals surface area contributed by atoms with Crippen molar-refractivity contribution in [3.8, 4) is 22.3 Å². The average molecular weight is 712 g/mol. The van der Waals surface area contributed by atoms with Gasteiger partial charge in [-0.2, -0.15) is 0 Å². The summed E-state index contributed by atoms with van der Waals surface area (Å²) in [5.74, 6) is 0. The monoisotopic (exact) mass is 711 g/mol. The molecule has 4 aromatic rings. The molecule has 55 heavy (non-hydrogen) atoms. The van der Waals surface area contributed by atoms with Gasteiger partial charge in [-0.15, -0.1) is 0 Å². The third-order valence-corrected chi connectivity index (χ3v) is 11.9. The van der Waals surface area contributed by atoms with Gasteiger partial charge >= 0.3 is 0 Å². The lowest BCUT2D eigenvalue weighted by molar-refractivity contribution is 0.850. The summed E-state index contributed by atoms with van der Waals surface area (Å²) in [5, 5.41) is 0. The van der Waals surface area contributed by atoms with Gasteiger partial charge in [0.25, 0.3) is 0 Å². The van der Waals surface area contributed by atoms with Crippen molar-refractivity contribution in [3.05, 3.63) is 221 Å². The first-order valence-electron chi connectivity index (χ1n) is 20.3. The van der Waals surface area contributed by atoms with E-state index in [-0.39, 0.29) is 0 Å². The molecule has 0 radical (unpaired) electrons.